The summed E-state index contributed by atoms with van der Waals surface area (Å²) in [6, 6.07) is 33.0. The van der Waals surface area contributed by atoms with Crippen molar-refractivity contribution in [2.24, 2.45) is 0 Å². The fourth-order valence-electron chi connectivity index (χ4n) is 3.94. The van der Waals surface area contributed by atoms with E-state index in [-0.39, 0.29) is 24.3 Å². The lowest BCUT2D eigenvalue weighted by Crippen LogP contribution is -2.30. The van der Waals surface area contributed by atoms with Gasteiger partial charge in [0.15, 0.2) is 0 Å². The van der Waals surface area contributed by atoms with Crippen LogP contribution in [0.3, 0.4) is 0 Å². The van der Waals surface area contributed by atoms with Gasteiger partial charge in [-0.2, -0.15) is 0 Å². The summed E-state index contributed by atoms with van der Waals surface area (Å²) in [5.74, 6) is -0.558. The monoisotopic (exact) mass is 506 g/mol. The molecule has 3 amide bonds. The Morgan fingerprint density at radius 1 is 0.711 bits per heavy atom. The van der Waals surface area contributed by atoms with Gasteiger partial charge < -0.3 is 20.9 Å². The minimum atomic E-state index is -0.255. The zero-order chi connectivity index (χ0) is 26.7. The van der Waals surface area contributed by atoms with Crippen LogP contribution in [0.1, 0.15) is 33.2 Å². The Morgan fingerprint density at radius 2 is 1.39 bits per heavy atom. The van der Waals surface area contributed by atoms with Crippen LogP contribution in [-0.4, -0.2) is 30.8 Å². The molecule has 0 bridgehead atoms. The van der Waals surface area contributed by atoms with Crippen LogP contribution < -0.4 is 20.9 Å². The van der Waals surface area contributed by atoms with Gasteiger partial charge in [0, 0.05) is 41.3 Å². The fraction of sp³-hybridized carbons (Fsp3) is 0.129. The van der Waals surface area contributed by atoms with Crippen LogP contribution in [0, 0.1) is 0 Å². The molecule has 0 aliphatic carbocycles. The van der Waals surface area contributed by atoms with Crippen molar-refractivity contribution in [1.82, 2.24) is 5.32 Å². The third-order valence-corrected chi connectivity index (χ3v) is 5.92. The number of rotatable bonds is 10. The molecule has 4 rings (SSSR count). The Hall–Kier alpha value is -4.91. The minimum absolute atomic E-state index is 0.0306. The number of carbonyl (C=O) groups excluding carboxylic acids is 3. The second kappa shape index (κ2) is 12.9. The zero-order valence-corrected chi connectivity index (χ0v) is 21.2. The molecular formula is C31H30N4O3. The van der Waals surface area contributed by atoms with Crippen LogP contribution >= 0.6 is 0 Å². The van der Waals surface area contributed by atoms with E-state index in [0.29, 0.717) is 35.6 Å². The molecule has 0 heterocycles. The number of nitrogens with zero attached hydrogens (tertiary/aromatic N) is 1. The first-order valence-electron chi connectivity index (χ1n) is 12.5. The number of hydrogen-bond acceptors (Lipinski definition) is 4. The molecule has 0 aromatic heterocycles. The van der Waals surface area contributed by atoms with E-state index < -0.39 is 0 Å². The van der Waals surface area contributed by atoms with Crippen molar-refractivity contribution in [3.63, 3.8) is 0 Å². The van der Waals surface area contributed by atoms with Crippen molar-refractivity contribution < 1.29 is 14.4 Å². The maximum atomic E-state index is 13.1. The average Bonchev–Trinajstić information content (AvgIpc) is 2.96. The molecule has 38 heavy (non-hydrogen) atoms. The topological polar surface area (TPSA) is 90.5 Å². The second-order valence-corrected chi connectivity index (χ2v) is 8.61. The van der Waals surface area contributed by atoms with Gasteiger partial charge in [0.25, 0.3) is 11.8 Å². The summed E-state index contributed by atoms with van der Waals surface area (Å²) < 4.78 is 0. The lowest BCUT2D eigenvalue weighted by molar-refractivity contribution is -0.114. The molecule has 7 nitrogen and oxygen atoms in total. The molecule has 4 aromatic rings. The lowest BCUT2D eigenvalue weighted by Gasteiger charge is -2.21. The van der Waals surface area contributed by atoms with Gasteiger partial charge >= 0.3 is 0 Å². The molecule has 0 saturated heterocycles. The largest absolute Gasteiger partial charge is 0.376 e. The number of benzene rings is 4. The number of nitrogens with one attached hydrogen (secondary N) is 3. The van der Waals surface area contributed by atoms with Crippen LogP contribution in [0.4, 0.5) is 17.1 Å². The van der Waals surface area contributed by atoms with Crippen LogP contribution in [0.2, 0.25) is 0 Å². The standard InChI is InChI=1S/C31H30N4O3/c1-2-35(28-14-7-4-8-15-28)31(38)25-12-9-13-27(20-25)34-29(36)22-32-26-18-16-24(17-19-26)30(37)33-21-23-10-5-3-6-11-23/h3-20,32H,2,21-22H2,1H3,(H,33,37)(H,34,36). The molecule has 0 fully saturated rings. The molecule has 3 N–H and O–H groups in total. The first-order valence-corrected chi connectivity index (χ1v) is 12.5. The van der Waals surface area contributed by atoms with Gasteiger partial charge in [-0.15, -0.1) is 0 Å². The normalized spacial score (nSPS) is 10.3. The highest BCUT2D eigenvalue weighted by Crippen LogP contribution is 2.19. The van der Waals surface area contributed by atoms with Crippen molar-refractivity contribution in [2.75, 3.05) is 28.6 Å². The molecule has 7 heteroatoms. The number of anilines is 3. The lowest BCUT2D eigenvalue weighted by atomic mass is 10.1. The SMILES string of the molecule is CCN(C(=O)c1cccc(NC(=O)CNc2ccc(C(=O)NCc3ccccc3)cc2)c1)c1ccccc1. The predicted molar refractivity (Wildman–Crippen MR) is 151 cm³/mol. The number of amides is 3. The van der Waals surface area contributed by atoms with Crippen molar-refractivity contribution in [3.05, 3.63) is 126 Å². The first kappa shape index (κ1) is 26.2. The van der Waals surface area contributed by atoms with Crippen molar-refractivity contribution >= 4 is 34.8 Å². The average molecular weight is 507 g/mol. The van der Waals surface area contributed by atoms with Crippen LogP contribution in [-0.2, 0) is 11.3 Å². The molecular weight excluding hydrogens is 476 g/mol. The van der Waals surface area contributed by atoms with Gasteiger partial charge in [-0.1, -0.05) is 54.6 Å². The summed E-state index contributed by atoms with van der Waals surface area (Å²) in [6.07, 6.45) is 0. The molecule has 0 saturated carbocycles. The van der Waals surface area contributed by atoms with Gasteiger partial charge in [-0.3, -0.25) is 14.4 Å². The Labute approximate surface area is 222 Å². The third kappa shape index (κ3) is 7.07. The van der Waals surface area contributed by atoms with Crippen LogP contribution in [0.15, 0.2) is 109 Å². The summed E-state index contributed by atoms with van der Waals surface area (Å²) in [7, 11) is 0. The number of hydrogen-bond donors (Lipinski definition) is 3. The van der Waals surface area contributed by atoms with Gasteiger partial charge in [0.1, 0.15) is 0 Å². The number of carbonyl (C=O) groups is 3. The Morgan fingerprint density at radius 3 is 2.08 bits per heavy atom. The van der Waals surface area contributed by atoms with E-state index in [4.69, 9.17) is 0 Å². The summed E-state index contributed by atoms with van der Waals surface area (Å²) in [5.41, 5.74) is 4.12. The van der Waals surface area contributed by atoms with Crippen molar-refractivity contribution in [2.45, 2.75) is 13.5 Å². The Kier molecular flexibility index (Phi) is 8.86. The smallest absolute Gasteiger partial charge is 0.258 e. The van der Waals surface area contributed by atoms with Gasteiger partial charge in [-0.25, -0.2) is 0 Å². The molecule has 0 aliphatic heterocycles. The maximum Gasteiger partial charge on any atom is 0.258 e. The first-order chi connectivity index (χ1) is 18.5. The molecule has 0 spiro atoms. The molecule has 0 atom stereocenters. The molecule has 192 valence electrons. The quantitative estimate of drug-likeness (QED) is 0.271. The van der Waals surface area contributed by atoms with Gasteiger partial charge in [-0.05, 0) is 67.1 Å². The van der Waals surface area contributed by atoms with E-state index in [1.807, 2.05) is 67.6 Å². The van der Waals surface area contributed by atoms with Gasteiger partial charge in [0.2, 0.25) is 5.91 Å². The fourth-order valence-corrected chi connectivity index (χ4v) is 3.94. The summed E-state index contributed by atoms with van der Waals surface area (Å²) in [5, 5.41) is 8.78. The van der Waals surface area contributed by atoms with E-state index >= 15 is 0 Å². The Bertz CT molecular complexity index is 1370. The van der Waals surface area contributed by atoms with E-state index in [1.165, 1.54) is 0 Å². The van der Waals surface area contributed by atoms with E-state index in [9.17, 15) is 14.4 Å². The minimum Gasteiger partial charge on any atom is -0.376 e. The molecule has 0 aliphatic rings. The highest BCUT2D eigenvalue weighted by Gasteiger charge is 2.16. The summed E-state index contributed by atoms with van der Waals surface area (Å²) in [6.45, 7) is 2.93. The van der Waals surface area contributed by atoms with E-state index in [2.05, 4.69) is 16.0 Å². The number of para-hydroxylation sites is 1. The van der Waals surface area contributed by atoms with Gasteiger partial charge in [0.05, 0.1) is 6.54 Å². The second-order valence-electron chi connectivity index (χ2n) is 8.61. The molecule has 0 unspecified atom stereocenters. The Balaban J connectivity index is 1.29. The highest BCUT2D eigenvalue weighted by molar-refractivity contribution is 6.07. The van der Waals surface area contributed by atoms with E-state index in [1.54, 1.807) is 53.4 Å². The summed E-state index contributed by atoms with van der Waals surface area (Å²) >= 11 is 0. The van der Waals surface area contributed by atoms with E-state index in [0.717, 1.165) is 11.3 Å². The van der Waals surface area contributed by atoms with Crippen LogP contribution in [0.25, 0.3) is 0 Å². The third-order valence-electron chi connectivity index (χ3n) is 5.92. The molecule has 0 radical (unpaired) electrons. The maximum absolute atomic E-state index is 13.1. The molecule has 4 aromatic carbocycles. The zero-order valence-electron chi connectivity index (χ0n) is 21.2. The van der Waals surface area contributed by atoms with Crippen molar-refractivity contribution in [1.29, 1.82) is 0 Å². The summed E-state index contributed by atoms with van der Waals surface area (Å²) in [4.78, 5) is 39.7. The van der Waals surface area contributed by atoms with Crippen molar-refractivity contribution in [3.8, 4) is 0 Å². The predicted octanol–water partition coefficient (Wildman–Crippen LogP) is 5.33. The van der Waals surface area contributed by atoms with Crippen LogP contribution in [0.5, 0.6) is 0 Å². The highest BCUT2D eigenvalue weighted by atomic mass is 16.2.